The van der Waals surface area contributed by atoms with Crippen molar-refractivity contribution in [3.63, 3.8) is 0 Å². The lowest BCUT2D eigenvalue weighted by Crippen LogP contribution is -2.39. The minimum absolute atomic E-state index is 0.0284. The molecule has 0 spiro atoms. The summed E-state index contributed by atoms with van der Waals surface area (Å²) in [5.41, 5.74) is 1.88. The number of hydrogen-bond acceptors (Lipinski definition) is 4. The minimum Gasteiger partial charge on any atom is -0.497 e. The molecule has 1 saturated heterocycles. The molecule has 2 heterocycles. The van der Waals surface area contributed by atoms with Gasteiger partial charge in [-0.1, -0.05) is 30.3 Å². The van der Waals surface area contributed by atoms with Crippen LogP contribution in [-0.4, -0.2) is 42.2 Å². The van der Waals surface area contributed by atoms with Gasteiger partial charge in [0.2, 0.25) is 0 Å². The maximum atomic E-state index is 12.5. The number of likely N-dealkylation sites (tertiary alicyclic amines) is 1. The van der Waals surface area contributed by atoms with Crippen LogP contribution in [0.4, 0.5) is 4.79 Å². The number of fused-ring (bicyclic) bond motifs is 1. The van der Waals surface area contributed by atoms with Crippen LogP contribution in [-0.2, 0) is 6.54 Å². The van der Waals surface area contributed by atoms with Gasteiger partial charge < -0.3 is 19.7 Å². The molecule has 1 fully saturated rings. The first kappa shape index (κ1) is 18.1. The Morgan fingerprint density at radius 2 is 2.00 bits per heavy atom. The fraction of sp³-hybridized carbons (Fsp3) is 0.273. The number of benzene rings is 2. The fourth-order valence-electron chi connectivity index (χ4n) is 3.39. The number of urea groups is 1. The van der Waals surface area contributed by atoms with Crippen molar-refractivity contribution in [2.45, 2.75) is 19.1 Å². The number of pyridine rings is 1. The van der Waals surface area contributed by atoms with Crippen molar-refractivity contribution in [3.05, 3.63) is 66.4 Å². The highest BCUT2D eigenvalue weighted by atomic mass is 16.5. The van der Waals surface area contributed by atoms with E-state index in [-0.39, 0.29) is 12.1 Å². The molecule has 0 bridgehead atoms. The molecule has 6 nitrogen and oxygen atoms in total. The number of amides is 2. The van der Waals surface area contributed by atoms with Gasteiger partial charge in [0, 0.05) is 31.1 Å². The Bertz CT molecular complexity index is 953. The molecule has 1 N–H and O–H groups in total. The van der Waals surface area contributed by atoms with Crippen LogP contribution in [0.1, 0.15) is 12.0 Å². The highest BCUT2D eigenvalue weighted by molar-refractivity contribution is 5.84. The Morgan fingerprint density at radius 3 is 2.82 bits per heavy atom. The molecule has 0 radical (unpaired) electrons. The van der Waals surface area contributed by atoms with Crippen molar-refractivity contribution >= 4 is 16.9 Å². The van der Waals surface area contributed by atoms with E-state index in [1.807, 2.05) is 54.6 Å². The van der Waals surface area contributed by atoms with E-state index in [1.54, 1.807) is 18.2 Å². The maximum Gasteiger partial charge on any atom is 0.317 e. The van der Waals surface area contributed by atoms with Gasteiger partial charge in [0.25, 0.3) is 0 Å². The summed E-state index contributed by atoms with van der Waals surface area (Å²) >= 11 is 0. The first-order valence-corrected chi connectivity index (χ1v) is 9.39. The maximum absolute atomic E-state index is 12.5. The van der Waals surface area contributed by atoms with Crippen LogP contribution < -0.4 is 14.8 Å². The Balaban J connectivity index is 1.32. The zero-order chi connectivity index (χ0) is 19.3. The number of carbonyl (C=O) groups is 1. The van der Waals surface area contributed by atoms with E-state index >= 15 is 0 Å². The van der Waals surface area contributed by atoms with Crippen LogP contribution in [0.3, 0.4) is 0 Å². The van der Waals surface area contributed by atoms with Crippen molar-refractivity contribution in [3.8, 4) is 11.5 Å². The van der Waals surface area contributed by atoms with E-state index in [4.69, 9.17) is 9.47 Å². The number of nitrogens with zero attached hydrogens (tertiary/aromatic N) is 2. The molecule has 144 valence electrons. The number of carbonyl (C=O) groups excluding carboxylic acids is 1. The Hall–Kier alpha value is -3.28. The Morgan fingerprint density at radius 1 is 1.18 bits per heavy atom. The number of rotatable bonds is 5. The van der Waals surface area contributed by atoms with Crippen LogP contribution >= 0.6 is 0 Å². The molecule has 1 atom stereocenters. The molecular weight excluding hydrogens is 354 g/mol. The average Bonchev–Trinajstić information content (AvgIpc) is 3.21. The van der Waals surface area contributed by atoms with E-state index in [0.29, 0.717) is 19.6 Å². The number of nitrogens with one attached hydrogen (secondary N) is 1. The standard InChI is InChI=1S/C22H23N3O3/c1-27-18-9-7-16(8-10-18)14-24-22(26)25-13-11-19(15-25)28-20-6-2-4-17-5-3-12-23-21(17)20/h2-10,12,19H,11,13-15H2,1H3,(H,24,26). The summed E-state index contributed by atoms with van der Waals surface area (Å²) in [6, 6.07) is 17.4. The van der Waals surface area contributed by atoms with Crippen LogP contribution in [0.15, 0.2) is 60.8 Å². The third-order valence-electron chi connectivity index (χ3n) is 4.92. The molecule has 3 aromatic rings. The first-order valence-electron chi connectivity index (χ1n) is 9.39. The van der Waals surface area contributed by atoms with Gasteiger partial charge in [-0.2, -0.15) is 0 Å². The van der Waals surface area contributed by atoms with Crippen molar-refractivity contribution in [1.29, 1.82) is 0 Å². The monoisotopic (exact) mass is 377 g/mol. The first-order chi connectivity index (χ1) is 13.7. The predicted molar refractivity (Wildman–Crippen MR) is 108 cm³/mol. The molecular formula is C22H23N3O3. The van der Waals surface area contributed by atoms with Crippen LogP contribution in [0.5, 0.6) is 11.5 Å². The zero-order valence-electron chi connectivity index (χ0n) is 15.8. The minimum atomic E-state index is -0.0713. The Labute approximate surface area is 164 Å². The molecule has 1 aliphatic heterocycles. The van der Waals surface area contributed by atoms with Crippen LogP contribution in [0, 0.1) is 0 Å². The van der Waals surface area contributed by atoms with E-state index in [9.17, 15) is 4.79 Å². The van der Waals surface area contributed by atoms with Crippen molar-refractivity contribution in [2.75, 3.05) is 20.2 Å². The molecule has 1 aromatic heterocycles. The molecule has 4 rings (SSSR count). The average molecular weight is 377 g/mol. The molecule has 1 aliphatic rings. The fourth-order valence-corrected chi connectivity index (χ4v) is 3.39. The number of methoxy groups -OCH3 is 1. The van der Waals surface area contributed by atoms with Gasteiger partial charge in [-0.3, -0.25) is 4.98 Å². The summed E-state index contributed by atoms with van der Waals surface area (Å²) in [6.45, 7) is 1.73. The lowest BCUT2D eigenvalue weighted by atomic mass is 10.2. The Kier molecular flexibility index (Phi) is 5.28. The summed E-state index contributed by atoms with van der Waals surface area (Å²) in [5, 5.41) is 4.02. The quantitative estimate of drug-likeness (QED) is 0.738. The second-order valence-electron chi connectivity index (χ2n) is 6.81. The van der Waals surface area contributed by atoms with Gasteiger partial charge in [0.05, 0.1) is 13.7 Å². The number of para-hydroxylation sites is 1. The third kappa shape index (κ3) is 4.01. The van der Waals surface area contributed by atoms with Gasteiger partial charge >= 0.3 is 6.03 Å². The van der Waals surface area contributed by atoms with Gasteiger partial charge in [0.15, 0.2) is 0 Å². The van der Waals surface area contributed by atoms with Crippen LogP contribution in [0.25, 0.3) is 10.9 Å². The number of aromatic nitrogens is 1. The summed E-state index contributed by atoms with van der Waals surface area (Å²) in [5.74, 6) is 1.57. The van der Waals surface area contributed by atoms with Crippen molar-refractivity contribution < 1.29 is 14.3 Å². The molecule has 2 aromatic carbocycles. The summed E-state index contributed by atoms with van der Waals surface area (Å²) in [6.07, 6.45) is 2.54. The van der Waals surface area contributed by atoms with E-state index in [2.05, 4.69) is 10.3 Å². The predicted octanol–water partition coefficient (Wildman–Crippen LogP) is 3.61. The second kappa shape index (κ2) is 8.17. The van der Waals surface area contributed by atoms with Crippen molar-refractivity contribution in [2.24, 2.45) is 0 Å². The molecule has 0 saturated carbocycles. The smallest absolute Gasteiger partial charge is 0.317 e. The van der Waals surface area contributed by atoms with Gasteiger partial charge in [-0.15, -0.1) is 0 Å². The largest absolute Gasteiger partial charge is 0.497 e. The number of hydrogen-bond donors (Lipinski definition) is 1. The third-order valence-corrected chi connectivity index (χ3v) is 4.92. The molecule has 28 heavy (non-hydrogen) atoms. The second-order valence-corrected chi connectivity index (χ2v) is 6.81. The molecule has 6 heteroatoms. The lowest BCUT2D eigenvalue weighted by molar-refractivity contribution is 0.187. The van der Waals surface area contributed by atoms with E-state index < -0.39 is 0 Å². The van der Waals surface area contributed by atoms with E-state index in [1.165, 1.54) is 0 Å². The highest BCUT2D eigenvalue weighted by Crippen LogP contribution is 2.26. The summed E-state index contributed by atoms with van der Waals surface area (Å²) in [4.78, 5) is 18.7. The van der Waals surface area contributed by atoms with Gasteiger partial charge in [0.1, 0.15) is 23.1 Å². The highest BCUT2D eigenvalue weighted by Gasteiger charge is 2.28. The van der Waals surface area contributed by atoms with Gasteiger partial charge in [-0.25, -0.2) is 4.79 Å². The van der Waals surface area contributed by atoms with E-state index in [0.717, 1.165) is 34.4 Å². The summed E-state index contributed by atoms with van der Waals surface area (Å²) < 4.78 is 11.3. The molecule has 0 aliphatic carbocycles. The van der Waals surface area contributed by atoms with Crippen LogP contribution in [0.2, 0.25) is 0 Å². The topological polar surface area (TPSA) is 63.7 Å². The zero-order valence-corrected chi connectivity index (χ0v) is 15.8. The summed E-state index contributed by atoms with van der Waals surface area (Å²) in [7, 11) is 1.64. The van der Waals surface area contributed by atoms with Crippen molar-refractivity contribution in [1.82, 2.24) is 15.2 Å². The SMILES string of the molecule is COc1ccc(CNC(=O)N2CCC(Oc3cccc4cccnc34)C2)cc1. The number of ether oxygens (including phenoxy) is 2. The molecule has 2 amide bonds. The molecule has 1 unspecified atom stereocenters. The lowest BCUT2D eigenvalue weighted by Gasteiger charge is -2.18. The van der Waals surface area contributed by atoms with Gasteiger partial charge in [-0.05, 0) is 29.8 Å². The normalized spacial score (nSPS) is 16.2.